The van der Waals surface area contributed by atoms with E-state index in [1.165, 1.54) is 6.92 Å². The second-order valence-electron chi connectivity index (χ2n) is 6.55. The Bertz CT molecular complexity index is 495. The normalized spacial score (nSPS) is 13.4. The average molecular weight is 361 g/mol. The van der Waals surface area contributed by atoms with Crippen LogP contribution in [0.3, 0.4) is 0 Å². The first-order chi connectivity index (χ1) is 11.4. The molecule has 9 heteroatoms. The molecule has 1 amide bonds. The SMILES string of the molecule is CCOC(=O)OC(=O)C(C)OC(=O)C(NC(=O)OC(C)(C)C)C(C)C. The van der Waals surface area contributed by atoms with Crippen LogP contribution in [0.15, 0.2) is 0 Å². The number of alkyl carbamates (subject to hydrolysis) is 1. The van der Waals surface area contributed by atoms with Crippen molar-refractivity contribution in [3.8, 4) is 0 Å². The highest BCUT2D eigenvalue weighted by Crippen LogP contribution is 2.11. The molecule has 0 saturated carbocycles. The van der Waals surface area contributed by atoms with Gasteiger partial charge in [-0.1, -0.05) is 13.8 Å². The Labute approximate surface area is 147 Å². The largest absolute Gasteiger partial charge is 0.516 e. The van der Waals surface area contributed by atoms with E-state index in [0.29, 0.717) is 0 Å². The molecule has 0 spiro atoms. The zero-order valence-corrected chi connectivity index (χ0v) is 15.7. The van der Waals surface area contributed by atoms with Crippen molar-refractivity contribution in [3.05, 3.63) is 0 Å². The number of hydrogen-bond donors (Lipinski definition) is 1. The van der Waals surface area contributed by atoms with Gasteiger partial charge in [-0.15, -0.1) is 0 Å². The second kappa shape index (κ2) is 9.85. The quantitative estimate of drug-likeness (QED) is 0.434. The lowest BCUT2D eigenvalue weighted by Crippen LogP contribution is -2.48. The van der Waals surface area contributed by atoms with Gasteiger partial charge in [0.1, 0.15) is 11.6 Å². The molecule has 0 aliphatic heterocycles. The lowest BCUT2D eigenvalue weighted by molar-refractivity contribution is -0.166. The van der Waals surface area contributed by atoms with Crippen molar-refractivity contribution in [1.29, 1.82) is 0 Å². The molecule has 0 aromatic heterocycles. The Kier molecular flexibility index (Phi) is 8.94. The number of ether oxygens (including phenoxy) is 4. The zero-order chi connectivity index (χ0) is 19.8. The van der Waals surface area contributed by atoms with Crippen LogP contribution in [0, 0.1) is 5.92 Å². The van der Waals surface area contributed by atoms with Crippen LogP contribution in [0.5, 0.6) is 0 Å². The van der Waals surface area contributed by atoms with Gasteiger partial charge in [0.15, 0.2) is 6.10 Å². The van der Waals surface area contributed by atoms with Crippen molar-refractivity contribution >= 4 is 24.2 Å². The maximum atomic E-state index is 12.2. The van der Waals surface area contributed by atoms with E-state index in [0.717, 1.165) is 0 Å². The molecule has 9 nitrogen and oxygen atoms in total. The summed E-state index contributed by atoms with van der Waals surface area (Å²) in [5.74, 6) is -2.26. The van der Waals surface area contributed by atoms with Crippen molar-refractivity contribution in [2.45, 2.75) is 66.2 Å². The molecule has 0 aliphatic rings. The van der Waals surface area contributed by atoms with Gasteiger partial charge >= 0.3 is 24.2 Å². The van der Waals surface area contributed by atoms with Crippen LogP contribution in [0.1, 0.15) is 48.5 Å². The summed E-state index contributed by atoms with van der Waals surface area (Å²) in [5.41, 5.74) is -0.730. The summed E-state index contributed by atoms with van der Waals surface area (Å²) in [6.07, 6.45) is -3.31. The molecule has 1 N–H and O–H groups in total. The Balaban J connectivity index is 4.76. The third-order valence-electron chi connectivity index (χ3n) is 2.66. The van der Waals surface area contributed by atoms with Crippen molar-refractivity contribution in [3.63, 3.8) is 0 Å². The van der Waals surface area contributed by atoms with Crippen LogP contribution < -0.4 is 5.32 Å². The van der Waals surface area contributed by atoms with E-state index >= 15 is 0 Å². The summed E-state index contributed by atoms with van der Waals surface area (Å²) < 4.78 is 18.9. The average Bonchev–Trinajstić information content (AvgIpc) is 2.42. The summed E-state index contributed by atoms with van der Waals surface area (Å²) in [6.45, 7) is 11.2. The van der Waals surface area contributed by atoms with Gasteiger partial charge in [0, 0.05) is 0 Å². The fourth-order valence-electron chi connectivity index (χ4n) is 1.54. The van der Waals surface area contributed by atoms with E-state index in [9.17, 15) is 19.2 Å². The first-order valence-electron chi connectivity index (χ1n) is 7.95. The van der Waals surface area contributed by atoms with Gasteiger partial charge in [0.05, 0.1) is 6.61 Å². The molecule has 0 aromatic rings. The van der Waals surface area contributed by atoms with Crippen LogP contribution in [0.4, 0.5) is 9.59 Å². The van der Waals surface area contributed by atoms with E-state index in [1.54, 1.807) is 41.5 Å². The number of carbonyl (C=O) groups excluding carboxylic acids is 4. The molecule has 144 valence electrons. The van der Waals surface area contributed by atoms with E-state index in [1.807, 2.05) is 0 Å². The Morgan fingerprint density at radius 3 is 2.00 bits per heavy atom. The van der Waals surface area contributed by atoms with Gasteiger partial charge in [-0.2, -0.15) is 0 Å². The molecule has 0 rings (SSSR count). The molecule has 0 fully saturated rings. The fraction of sp³-hybridized carbons (Fsp3) is 0.750. The number of hydrogen-bond acceptors (Lipinski definition) is 8. The fourth-order valence-corrected chi connectivity index (χ4v) is 1.54. The predicted octanol–water partition coefficient (Wildman–Crippen LogP) is 2.17. The van der Waals surface area contributed by atoms with Gasteiger partial charge in [-0.05, 0) is 40.5 Å². The number of amides is 1. The van der Waals surface area contributed by atoms with Gasteiger partial charge < -0.3 is 24.3 Å². The van der Waals surface area contributed by atoms with E-state index in [4.69, 9.17) is 9.47 Å². The Hall–Kier alpha value is -2.32. The monoisotopic (exact) mass is 361 g/mol. The van der Waals surface area contributed by atoms with Gasteiger partial charge in [-0.25, -0.2) is 19.2 Å². The highest BCUT2D eigenvalue weighted by molar-refractivity contribution is 5.88. The van der Waals surface area contributed by atoms with Crippen molar-refractivity contribution in [2.75, 3.05) is 6.61 Å². The number of esters is 2. The Morgan fingerprint density at radius 1 is 1.00 bits per heavy atom. The highest BCUT2D eigenvalue weighted by atomic mass is 16.7. The van der Waals surface area contributed by atoms with Crippen molar-refractivity contribution in [1.82, 2.24) is 5.32 Å². The zero-order valence-electron chi connectivity index (χ0n) is 15.7. The van der Waals surface area contributed by atoms with Crippen molar-refractivity contribution in [2.24, 2.45) is 5.92 Å². The predicted molar refractivity (Wildman–Crippen MR) is 86.7 cm³/mol. The third-order valence-corrected chi connectivity index (χ3v) is 2.66. The Morgan fingerprint density at radius 2 is 1.56 bits per heavy atom. The van der Waals surface area contributed by atoms with Crippen LogP contribution in [0.2, 0.25) is 0 Å². The van der Waals surface area contributed by atoms with Crippen LogP contribution in [-0.2, 0) is 28.5 Å². The lowest BCUT2D eigenvalue weighted by Gasteiger charge is -2.25. The molecule has 0 aliphatic carbocycles. The van der Waals surface area contributed by atoms with Gasteiger partial charge in [0.25, 0.3) is 0 Å². The lowest BCUT2D eigenvalue weighted by atomic mass is 10.1. The number of rotatable bonds is 6. The first kappa shape index (κ1) is 22.7. The summed E-state index contributed by atoms with van der Waals surface area (Å²) >= 11 is 0. The molecule has 0 saturated heterocycles. The maximum Gasteiger partial charge on any atom is 0.516 e. The first-order valence-corrected chi connectivity index (χ1v) is 7.95. The third kappa shape index (κ3) is 9.53. The minimum atomic E-state index is -1.35. The van der Waals surface area contributed by atoms with E-state index < -0.39 is 41.9 Å². The van der Waals surface area contributed by atoms with Gasteiger partial charge in [-0.3, -0.25) is 0 Å². The molecule has 2 atom stereocenters. The van der Waals surface area contributed by atoms with Crippen LogP contribution in [-0.4, -0.2) is 48.5 Å². The molecular weight excluding hydrogens is 334 g/mol. The topological polar surface area (TPSA) is 117 Å². The summed E-state index contributed by atoms with van der Waals surface area (Å²) in [6, 6.07) is -1.03. The number of carbonyl (C=O) groups is 4. The van der Waals surface area contributed by atoms with Gasteiger partial charge in [0.2, 0.25) is 0 Å². The highest BCUT2D eigenvalue weighted by Gasteiger charge is 2.31. The minimum absolute atomic E-state index is 0.0372. The molecule has 2 unspecified atom stereocenters. The van der Waals surface area contributed by atoms with Crippen LogP contribution in [0.25, 0.3) is 0 Å². The van der Waals surface area contributed by atoms with E-state index in [-0.39, 0.29) is 12.5 Å². The molecule has 0 heterocycles. The summed E-state index contributed by atoms with van der Waals surface area (Å²) in [5, 5.41) is 2.40. The standard InChI is InChI=1S/C16H27NO8/c1-8-22-15(21)24-12(18)10(4)23-13(19)11(9(2)3)17-14(20)25-16(5,6)7/h9-11H,8H2,1-7H3,(H,17,20). The molecule has 0 bridgehead atoms. The second-order valence-corrected chi connectivity index (χ2v) is 6.55. The van der Waals surface area contributed by atoms with Crippen LogP contribution >= 0.6 is 0 Å². The number of nitrogens with one attached hydrogen (secondary N) is 1. The summed E-state index contributed by atoms with van der Waals surface area (Å²) in [4.78, 5) is 46.8. The van der Waals surface area contributed by atoms with E-state index in [2.05, 4.69) is 14.8 Å². The smallest absolute Gasteiger partial charge is 0.449 e. The summed E-state index contributed by atoms with van der Waals surface area (Å²) in [7, 11) is 0. The molecule has 0 aromatic carbocycles. The maximum absolute atomic E-state index is 12.2. The molecule has 25 heavy (non-hydrogen) atoms. The minimum Gasteiger partial charge on any atom is -0.449 e. The van der Waals surface area contributed by atoms with Crippen molar-refractivity contribution < 1.29 is 38.1 Å². The molecule has 0 radical (unpaired) electrons. The molecular formula is C16H27NO8.